The molecular formula is C21H31N3O4S. The van der Waals surface area contributed by atoms with Crippen LogP contribution in [0.3, 0.4) is 0 Å². The summed E-state index contributed by atoms with van der Waals surface area (Å²) >= 11 is 0. The second kappa shape index (κ2) is 8.16. The number of hydrogen-bond acceptors (Lipinski definition) is 5. The Balaban J connectivity index is 1.62. The Kier molecular flexibility index (Phi) is 6.17. The molecule has 7 nitrogen and oxygen atoms in total. The van der Waals surface area contributed by atoms with Crippen molar-refractivity contribution in [1.82, 2.24) is 14.1 Å². The van der Waals surface area contributed by atoms with E-state index in [-0.39, 0.29) is 23.9 Å². The van der Waals surface area contributed by atoms with Gasteiger partial charge < -0.3 is 0 Å². The van der Waals surface area contributed by atoms with Crippen LogP contribution in [0.1, 0.15) is 44.2 Å². The molecule has 2 amide bonds. The second-order valence-corrected chi connectivity index (χ2v) is 10.6. The lowest BCUT2D eigenvalue weighted by molar-refractivity contribution is -0.156. The fourth-order valence-corrected chi connectivity index (χ4v) is 5.70. The van der Waals surface area contributed by atoms with Gasteiger partial charge in [0.2, 0.25) is 21.8 Å². The number of aryl methyl sites for hydroxylation is 2. The van der Waals surface area contributed by atoms with Crippen LogP contribution in [0, 0.1) is 19.3 Å². The molecule has 2 saturated heterocycles. The molecular weight excluding hydrogens is 390 g/mol. The lowest BCUT2D eigenvalue weighted by Crippen LogP contribution is -2.55. The zero-order chi connectivity index (χ0) is 21.4. The predicted molar refractivity (Wildman–Crippen MR) is 111 cm³/mol. The van der Waals surface area contributed by atoms with Crippen molar-refractivity contribution in [2.75, 3.05) is 32.8 Å². The molecule has 29 heavy (non-hydrogen) atoms. The third kappa shape index (κ3) is 4.54. The van der Waals surface area contributed by atoms with E-state index >= 15 is 0 Å². The zero-order valence-electron chi connectivity index (χ0n) is 17.8. The van der Waals surface area contributed by atoms with Gasteiger partial charge in [-0.3, -0.25) is 19.4 Å². The molecule has 2 fully saturated rings. The smallest absolute Gasteiger partial charge is 0.243 e. The van der Waals surface area contributed by atoms with Crippen LogP contribution in [-0.4, -0.2) is 67.2 Å². The number of carbonyl (C=O) groups is 2. The van der Waals surface area contributed by atoms with Crippen LogP contribution in [0.5, 0.6) is 0 Å². The van der Waals surface area contributed by atoms with E-state index in [0.29, 0.717) is 43.9 Å². The van der Waals surface area contributed by atoms with Gasteiger partial charge in [0, 0.05) is 39.0 Å². The van der Waals surface area contributed by atoms with Gasteiger partial charge in [0.25, 0.3) is 0 Å². The van der Waals surface area contributed by atoms with Crippen LogP contribution in [0.25, 0.3) is 0 Å². The molecule has 0 aromatic heterocycles. The standard InChI is InChI=1S/C21H31N3O4S/c1-5-21(4)13-19(25)24(20(26)14-21)15-22-8-10-23(11-9-22)29(27,28)18-7-6-16(2)12-17(18)3/h6-7,12H,5,8-11,13-15H2,1-4H3. The third-order valence-electron chi connectivity index (χ3n) is 6.23. The van der Waals surface area contributed by atoms with Gasteiger partial charge in [0.15, 0.2) is 0 Å². The van der Waals surface area contributed by atoms with E-state index in [4.69, 9.17) is 0 Å². The molecule has 0 unspecified atom stereocenters. The Hall–Kier alpha value is -1.77. The van der Waals surface area contributed by atoms with Crippen molar-refractivity contribution in [2.45, 2.75) is 51.9 Å². The maximum atomic E-state index is 13.0. The molecule has 2 aliphatic rings. The van der Waals surface area contributed by atoms with Gasteiger partial charge in [-0.05, 0) is 37.3 Å². The first-order valence-electron chi connectivity index (χ1n) is 10.2. The minimum absolute atomic E-state index is 0.129. The largest absolute Gasteiger partial charge is 0.283 e. The monoisotopic (exact) mass is 421 g/mol. The van der Waals surface area contributed by atoms with Crippen LogP contribution in [0.2, 0.25) is 0 Å². The van der Waals surface area contributed by atoms with Crippen LogP contribution >= 0.6 is 0 Å². The second-order valence-electron chi connectivity index (χ2n) is 8.67. The average molecular weight is 422 g/mol. The van der Waals surface area contributed by atoms with Crippen molar-refractivity contribution in [2.24, 2.45) is 5.41 Å². The lowest BCUT2D eigenvalue weighted by Gasteiger charge is -2.40. The number of sulfonamides is 1. The van der Waals surface area contributed by atoms with Gasteiger partial charge in [-0.15, -0.1) is 0 Å². The average Bonchev–Trinajstić information content (AvgIpc) is 2.65. The molecule has 0 saturated carbocycles. The predicted octanol–water partition coefficient (Wildman–Crippen LogP) is 2.13. The number of hydrogen-bond donors (Lipinski definition) is 0. The van der Waals surface area contributed by atoms with Crippen molar-refractivity contribution in [1.29, 1.82) is 0 Å². The van der Waals surface area contributed by atoms with E-state index in [1.807, 2.05) is 44.7 Å². The number of rotatable bonds is 5. The maximum Gasteiger partial charge on any atom is 0.243 e. The number of piperazine rings is 1. The van der Waals surface area contributed by atoms with Gasteiger partial charge in [-0.25, -0.2) is 8.42 Å². The Labute approximate surface area is 173 Å². The molecule has 0 bridgehead atoms. The maximum absolute atomic E-state index is 13.0. The molecule has 3 rings (SSSR count). The Morgan fingerprint density at radius 1 is 1.00 bits per heavy atom. The highest BCUT2D eigenvalue weighted by Crippen LogP contribution is 2.35. The fourth-order valence-electron chi connectivity index (χ4n) is 4.07. The molecule has 0 spiro atoms. The summed E-state index contributed by atoms with van der Waals surface area (Å²) < 4.78 is 27.5. The summed E-state index contributed by atoms with van der Waals surface area (Å²) in [5.41, 5.74) is 1.53. The summed E-state index contributed by atoms with van der Waals surface area (Å²) in [5, 5.41) is 0. The minimum atomic E-state index is -3.55. The number of imide groups is 1. The van der Waals surface area contributed by atoms with Crippen molar-refractivity contribution in [3.05, 3.63) is 29.3 Å². The highest BCUT2D eigenvalue weighted by atomic mass is 32.2. The van der Waals surface area contributed by atoms with Gasteiger partial charge in [0.1, 0.15) is 0 Å². The number of nitrogens with zero attached hydrogens (tertiary/aromatic N) is 3. The normalized spacial score (nSPS) is 21.6. The van der Waals surface area contributed by atoms with Crippen LogP contribution in [0.4, 0.5) is 0 Å². The molecule has 0 N–H and O–H groups in total. The SMILES string of the molecule is CCC1(C)CC(=O)N(CN2CCN(S(=O)(=O)c3ccc(C)cc3C)CC2)C(=O)C1. The number of likely N-dealkylation sites (tertiary alicyclic amines) is 1. The van der Waals surface area contributed by atoms with E-state index in [2.05, 4.69) is 0 Å². The quantitative estimate of drug-likeness (QED) is 0.681. The number of carbonyl (C=O) groups excluding carboxylic acids is 2. The minimum Gasteiger partial charge on any atom is -0.283 e. The van der Waals surface area contributed by atoms with Crippen molar-refractivity contribution < 1.29 is 18.0 Å². The van der Waals surface area contributed by atoms with Crippen molar-refractivity contribution in [3.63, 3.8) is 0 Å². The molecule has 0 atom stereocenters. The molecule has 160 valence electrons. The van der Waals surface area contributed by atoms with Gasteiger partial charge >= 0.3 is 0 Å². The molecule has 1 aromatic rings. The third-order valence-corrected chi connectivity index (χ3v) is 8.29. The number of piperidine rings is 1. The zero-order valence-corrected chi connectivity index (χ0v) is 18.6. The lowest BCUT2D eigenvalue weighted by atomic mass is 9.77. The van der Waals surface area contributed by atoms with Gasteiger partial charge in [-0.1, -0.05) is 31.5 Å². The van der Waals surface area contributed by atoms with Crippen LogP contribution < -0.4 is 0 Å². The van der Waals surface area contributed by atoms with Crippen LogP contribution in [-0.2, 0) is 19.6 Å². The Morgan fingerprint density at radius 3 is 2.10 bits per heavy atom. The van der Waals surface area contributed by atoms with E-state index in [0.717, 1.165) is 17.5 Å². The summed E-state index contributed by atoms with van der Waals surface area (Å²) in [4.78, 5) is 28.7. The van der Waals surface area contributed by atoms with E-state index in [9.17, 15) is 18.0 Å². The van der Waals surface area contributed by atoms with E-state index < -0.39 is 10.0 Å². The van der Waals surface area contributed by atoms with Gasteiger partial charge in [-0.2, -0.15) is 4.31 Å². The first kappa shape index (κ1) is 21.9. The number of benzene rings is 1. The molecule has 2 heterocycles. The summed E-state index contributed by atoms with van der Waals surface area (Å²) in [6, 6.07) is 5.36. The first-order chi connectivity index (χ1) is 13.6. The van der Waals surface area contributed by atoms with Crippen LogP contribution in [0.15, 0.2) is 23.1 Å². The summed E-state index contributed by atoms with van der Waals surface area (Å²) in [5.74, 6) is -0.258. The summed E-state index contributed by atoms with van der Waals surface area (Å²) in [6.45, 7) is 9.66. The first-order valence-corrected chi connectivity index (χ1v) is 11.6. The van der Waals surface area contributed by atoms with Crippen molar-refractivity contribution in [3.8, 4) is 0 Å². The molecule has 2 aliphatic heterocycles. The highest BCUT2D eigenvalue weighted by Gasteiger charge is 2.40. The molecule has 8 heteroatoms. The number of amides is 2. The van der Waals surface area contributed by atoms with Gasteiger partial charge in [0.05, 0.1) is 11.6 Å². The van der Waals surface area contributed by atoms with E-state index in [1.54, 1.807) is 6.07 Å². The Morgan fingerprint density at radius 2 is 1.59 bits per heavy atom. The molecule has 0 radical (unpaired) electrons. The van der Waals surface area contributed by atoms with E-state index in [1.165, 1.54) is 9.21 Å². The molecule has 1 aromatic carbocycles. The molecule has 0 aliphatic carbocycles. The topological polar surface area (TPSA) is 78.0 Å². The highest BCUT2D eigenvalue weighted by molar-refractivity contribution is 7.89. The summed E-state index contributed by atoms with van der Waals surface area (Å²) in [7, 11) is -3.55. The van der Waals surface area contributed by atoms with Crippen molar-refractivity contribution >= 4 is 21.8 Å². The summed E-state index contributed by atoms with van der Waals surface area (Å²) in [6.07, 6.45) is 1.57. The fraction of sp³-hybridized carbons (Fsp3) is 0.619. The Bertz CT molecular complexity index is 887.